The van der Waals surface area contributed by atoms with Gasteiger partial charge in [-0.25, -0.2) is 0 Å². The van der Waals surface area contributed by atoms with Crippen molar-refractivity contribution < 1.29 is 14.7 Å². The molecule has 4 nitrogen and oxygen atoms in total. The van der Waals surface area contributed by atoms with Crippen LogP contribution in [0.5, 0.6) is 0 Å². The Labute approximate surface area is 107 Å². The van der Waals surface area contributed by atoms with E-state index in [1.807, 2.05) is 0 Å². The fraction of sp³-hybridized carbons (Fsp3) is 0.857. The van der Waals surface area contributed by atoms with Crippen LogP contribution in [0.25, 0.3) is 0 Å². The molecule has 0 aromatic rings. The summed E-state index contributed by atoms with van der Waals surface area (Å²) in [6.07, 6.45) is 4.34. The van der Waals surface area contributed by atoms with Crippen molar-refractivity contribution in [3.8, 4) is 0 Å². The highest BCUT2D eigenvalue weighted by Crippen LogP contribution is 2.44. The van der Waals surface area contributed by atoms with E-state index in [4.69, 9.17) is 0 Å². The number of aliphatic hydroxyl groups excluding tert-OH is 1. The summed E-state index contributed by atoms with van der Waals surface area (Å²) in [5.74, 6) is 0.613. The first-order valence-electron chi connectivity index (χ1n) is 7.15. The summed E-state index contributed by atoms with van der Waals surface area (Å²) in [5.41, 5.74) is 0. The number of aliphatic hydroxyl groups is 1. The standard InChI is InChI=1S/C14H21NO3/c1-2-8-5-10-11(6-8)14(18)15(13(10)17)7-12(16)9-3-4-9/h8-12,16H,2-7H2,1H3. The number of rotatable bonds is 4. The van der Waals surface area contributed by atoms with Crippen LogP contribution in [0.2, 0.25) is 0 Å². The van der Waals surface area contributed by atoms with Crippen LogP contribution >= 0.6 is 0 Å². The number of imide groups is 1. The molecule has 3 aliphatic rings. The second kappa shape index (κ2) is 4.34. The first-order chi connectivity index (χ1) is 8.61. The minimum Gasteiger partial charge on any atom is -0.391 e. The van der Waals surface area contributed by atoms with Gasteiger partial charge in [0.2, 0.25) is 11.8 Å². The third-order valence-electron chi connectivity index (χ3n) is 4.94. The number of carbonyl (C=O) groups is 2. The molecule has 3 unspecified atom stereocenters. The Balaban J connectivity index is 1.68. The molecule has 0 aromatic heterocycles. The molecule has 3 atom stereocenters. The van der Waals surface area contributed by atoms with Gasteiger partial charge in [-0.15, -0.1) is 0 Å². The van der Waals surface area contributed by atoms with Gasteiger partial charge < -0.3 is 5.11 Å². The second-order valence-corrected chi connectivity index (χ2v) is 6.15. The first kappa shape index (κ1) is 12.2. The van der Waals surface area contributed by atoms with Crippen molar-refractivity contribution >= 4 is 11.8 Å². The van der Waals surface area contributed by atoms with Gasteiger partial charge in [-0.05, 0) is 37.5 Å². The van der Waals surface area contributed by atoms with Gasteiger partial charge in [-0.3, -0.25) is 14.5 Å². The van der Waals surface area contributed by atoms with E-state index in [0.29, 0.717) is 11.8 Å². The van der Waals surface area contributed by atoms with Crippen molar-refractivity contribution in [1.82, 2.24) is 4.90 Å². The lowest BCUT2D eigenvalue weighted by Gasteiger charge is -2.20. The molecular weight excluding hydrogens is 230 g/mol. The number of nitrogens with zero attached hydrogens (tertiary/aromatic N) is 1. The number of carbonyl (C=O) groups excluding carboxylic acids is 2. The highest BCUT2D eigenvalue weighted by molar-refractivity contribution is 6.05. The van der Waals surface area contributed by atoms with Gasteiger partial charge in [-0.1, -0.05) is 13.3 Å². The molecule has 1 saturated heterocycles. The maximum Gasteiger partial charge on any atom is 0.233 e. The molecule has 2 aliphatic carbocycles. The lowest BCUT2D eigenvalue weighted by molar-refractivity contribution is -0.142. The van der Waals surface area contributed by atoms with E-state index in [9.17, 15) is 14.7 Å². The summed E-state index contributed by atoms with van der Waals surface area (Å²) in [5, 5.41) is 9.90. The van der Waals surface area contributed by atoms with Crippen molar-refractivity contribution in [2.45, 2.75) is 45.1 Å². The fourth-order valence-electron chi connectivity index (χ4n) is 3.53. The monoisotopic (exact) mass is 251 g/mol. The second-order valence-electron chi connectivity index (χ2n) is 6.15. The molecule has 3 fully saturated rings. The quantitative estimate of drug-likeness (QED) is 0.763. The van der Waals surface area contributed by atoms with Crippen LogP contribution in [-0.4, -0.2) is 34.5 Å². The lowest BCUT2D eigenvalue weighted by atomic mass is 10.00. The predicted octanol–water partition coefficient (Wildman–Crippen LogP) is 1.18. The van der Waals surface area contributed by atoms with Gasteiger partial charge in [0.05, 0.1) is 24.5 Å². The van der Waals surface area contributed by atoms with Crippen LogP contribution < -0.4 is 0 Å². The zero-order valence-electron chi connectivity index (χ0n) is 10.8. The Kier molecular flexibility index (Phi) is 2.93. The zero-order chi connectivity index (χ0) is 12.9. The molecule has 2 saturated carbocycles. The molecule has 100 valence electrons. The minimum atomic E-state index is -0.501. The van der Waals surface area contributed by atoms with Crippen molar-refractivity contribution in [3.05, 3.63) is 0 Å². The smallest absolute Gasteiger partial charge is 0.233 e. The van der Waals surface area contributed by atoms with E-state index in [1.165, 1.54) is 4.90 Å². The van der Waals surface area contributed by atoms with Crippen molar-refractivity contribution in [2.75, 3.05) is 6.54 Å². The van der Waals surface area contributed by atoms with E-state index < -0.39 is 6.10 Å². The summed E-state index contributed by atoms with van der Waals surface area (Å²) in [6, 6.07) is 0. The maximum absolute atomic E-state index is 12.2. The number of fused-ring (bicyclic) bond motifs is 1. The fourth-order valence-corrected chi connectivity index (χ4v) is 3.53. The third kappa shape index (κ3) is 1.87. The SMILES string of the molecule is CCC1CC2C(=O)N(CC(O)C3CC3)C(=O)C2C1. The molecule has 18 heavy (non-hydrogen) atoms. The molecule has 3 rings (SSSR count). The van der Waals surface area contributed by atoms with E-state index >= 15 is 0 Å². The molecule has 4 heteroatoms. The third-order valence-corrected chi connectivity index (χ3v) is 4.94. The van der Waals surface area contributed by atoms with E-state index in [2.05, 4.69) is 6.92 Å². The number of likely N-dealkylation sites (tertiary alicyclic amines) is 1. The number of hydrogen-bond acceptors (Lipinski definition) is 3. The van der Waals surface area contributed by atoms with Crippen LogP contribution in [0.3, 0.4) is 0 Å². The summed E-state index contributed by atoms with van der Waals surface area (Å²) in [7, 11) is 0. The Morgan fingerprint density at radius 3 is 2.22 bits per heavy atom. The highest BCUT2D eigenvalue weighted by atomic mass is 16.3. The molecule has 1 aliphatic heterocycles. The van der Waals surface area contributed by atoms with Crippen LogP contribution in [0.1, 0.15) is 39.0 Å². The van der Waals surface area contributed by atoms with Crippen LogP contribution in [0, 0.1) is 23.7 Å². The molecule has 0 aromatic carbocycles. The van der Waals surface area contributed by atoms with E-state index in [0.717, 1.165) is 32.1 Å². The maximum atomic E-state index is 12.2. The molecule has 0 radical (unpaired) electrons. The van der Waals surface area contributed by atoms with E-state index in [-0.39, 0.29) is 30.2 Å². The van der Waals surface area contributed by atoms with Crippen molar-refractivity contribution in [2.24, 2.45) is 23.7 Å². The topological polar surface area (TPSA) is 57.6 Å². The van der Waals surface area contributed by atoms with Crippen LogP contribution in [0.15, 0.2) is 0 Å². The highest BCUT2D eigenvalue weighted by Gasteiger charge is 2.52. The average molecular weight is 251 g/mol. The Morgan fingerprint density at radius 2 is 1.78 bits per heavy atom. The Morgan fingerprint density at radius 1 is 1.22 bits per heavy atom. The largest absolute Gasteiger partial charge is 0.391 e. The van der Waals surface area contributed by atoms with Crippen LogP contribution in [0.4, 0.5) is 0 Å². The molecule has 1 heterocycles. The van der Waals surface area contributed by atoms with Gasteiger partial charge >= 0.3 is 0 Å². The average Bonchev–Trinajstić information content (AvgIpc) is 3.09. The van der Waals surface area contributed by atoms with Gasteiger partial charge in [0.15, 0.2) is 0 Å². The summed E-state index contributed by atoms with van der Waals surface area (Å²) in [6.45, 7) is 2.35. The van der Waals surface area contributed by atoms with Gasteiger partial charge in [0, 0.05) is 0 Å². The lowest BCUT2D eigenvalue weighted by Crippen LogP contribution is -2.39. The van der Waals surface area contributed by atoms with Gasteiger partial charge in [-0.2, -0.15) is 0 Å². The molecule has 0 spiro atoms. The van der Waals surface area contributed by atoms with Crippen molar-refractivity contribution in [1.29, 1.82) is 0 Å². The summed E-state index contributed by atoms with van der Waals surface area (Å²) >= 11 is 0. The van der Waals surface area contributed by atoms with E-state index in [1.54, 1.807) is 0 Å². The van der Waals surface area contributed by atoms with Crippen LogP contribution in [-0.2, 0) is 9.59 Å². The molecular formula is C14H21NO3. The molecule has 0 bridgehead atoms. The summed E-state index contributed by atoms with van der Waals surface area (Å²) in [4.78, 5) is 25.8. The van der Waals surface area contributed by atoms with Crippen molar-refractivity contribution in [3.63, 3.8) is 0 Å². The predicted molar refractivity (Wildman–Crippen MR) is 65.4 cm³/mol. The summed E-state index contributed by atoms with van der Waals surface area (Å²) < 4.78 is 0. The normalized spacial score (nSPS) is 37.2. The number of hydrogen-bond donors (Lipinski definition) is 1. The number of amides is 2. The molecule has 1 N–H and O–H groups in total. The van der Waals surface area contributed by atoms with Gasteiger partial charge in [0.1, 0.15) is 0 Å². The Bertz CT molecular complexity index is 353. The first-order valence-corrected chi connectivity index (χ1v) is 7.15. The molecule has 2 amide bonds. The Hall–Kier alpha value is -0.900. The number of β-amino-alcohol motifs (C(OH)–C–C–N with tert-alkyl or cyclic N) is 1. The zero-order valence-corrected chi connectivity index (χ0v) is 10.8. The minimum absolute atomic E-state index is 0.0272. The van der Waals surface area contributed by atoms with Gasteiger partial charge in [0.25, 0.3) is 0 Å².